The highest BCUT2D eigenvalue weighted by atomic mass is 79.9. The van der Waals surface area contributed by atoms with Gasteiger partial charge in [0.25, 0.3) is 5.69 Å². The maximum atomic E-state index is 10.3. The van der Waals surface area contributed by atoms with Crippen LogP contribution in [-0.2, 0) is 0 Å². The number of non-ortho nitro benzene ring substituents is 1. The molecule has 0 saturated heterocycles. The molecule has 1 rings (SSSR count). The molecular formula is C9H12BrNO2. The van der Waals surface area contributed by atoms with Crippen LogP contribution in [0.25, 0.3) is 0 Å². The molecule has 0 aromatic heterocycles. The van der Waals surface area contributed by atoms with Crippen molar-refractivity contribution in [2.24, 2.45) is 0 Å². The van der Waals surface area contributed by atoms with E-state index < -0.39 is 4.92 Å². The third kappa shape index (κ3) is 4.03. The van der Waals surface area contributed by atoms with Crippen molar-refractivity contribution in [1.29, 1.82) is 0 Å². The zero-order chi connectivity index (χ0) is 10.4. The van der Waals surface area contributed by atoms with Gasteiger partial charge in [-0.2, -0.15) is 0 Å². The maximum Gasteiger partial charge on any atom is 0.270 e. The Bertz CT molecular complexity index is 279. The van der Waals surface area contributed by atoms with Crippen molar-refractivity contribution in [2.75, 3.05) is 0 Å². The van der Waals surface area contributed by atoms with Gasteiger partial charge in [-0.15, -0.1) is 0 Å². The summed E-state index contributed by atoms with van der Waals surface area (Å²) in [5.41, 5.74) is 1.00. The van der Waals surface area contributed by atoms with E-state index in [1.807, 2.05) is 26.8 Å². The first-order valence-corrected chi connectivity index (χ1v) is 4.80. The topological polar surface area (TPSA) is 43.1 Å². The van der Waals surface area contributed by atoms with Gasteiger partial charge in [0.1, 0.15) is 0 Å². The predicted octanol–water partition coefficient (Wildman–Crippen LogP) is 3.69. The molecule has 72 valence electrons. The van der Waals surface area contributed by atoms with E-state index in [1.54, 1.807) is 0 Å². The Morgan fingerprint density at radius 3 is 2.23 bits per heavy atom. The van der Waals surface area contributed by atoms with E-state index in [0.717, 1.165) is 10.0 Å². The van der Waals surface area contributed by atoms with Crippen LogP contribution in [0.3, 0.4) is 0 Å². The summed E-state index contributed by atoms with van der Waals surface area (Å²) in [6.45, 7) is 5.82. The van der Waals surface area contributed by atoms with Crippen LogP contribution in [0.1, 0.15) is 19.4 Å². The highest BCUT2D eigenvalue weighted by molar-refractivity contribution is 9.10. The van der Waals surface area contributed by atoms with Gasteiger partial charge in [-0.3, -0.25) is 10.1 Å². The normalized spacial score (nSPS) is 8.62. The van der Waals surface area contributed by atoms with Gasteiger partial charge in [0.05, 0.1) is 4.92 Å². The Morgan fingerprint density at radius 2 is 1.85 bits per heavy atom. The van der Waals surface area contributed by atoms with Gasteiger partial charge in [0, 0.05) is 16.6 Å². The number of aryl methyl sites for hydroxylation is 1. The Kier molecular flexibility index (Phi) is 5.30. The molecule has 0 N–H and O–H groups in total. The van der Waals surface area contributed by atoms with Crippen LogP contribution in [0.15, 0.2) is 22.7 Å². The SMILES string of the molecule is CC.Cc1cc(Br)cc([N+](=O)[O-])c1. The lowest BCUT2D eigenvalue weighted by Crippen LogP contribution is -1.87. The number of hydrogen-bond acceptors (Lipinski definition) is 2. The molecule has 0 fully saturated rings. The van der Waals surface area contributed by atoms with E-state index in [4.69, 9.17) is 0 Å². The smallest absolute Gasteiger partial charge is 0.258 e. The lowest BCUT2D eigenvalue weighted by Gasteiger charge is -1.94. The summed E-state index contributed by atoms with van der Waals surface area (Å²) in [6, 6.07) is 4.84. The van der Waals surface area contributed by atoms with Crippen LogP contribution >= 0.6 is 15.9 Å². The quantitative estimate of drug-likeness (QED) is 0.560. The molecule has 0 aliphatic heterocycles. The summed E-state index contributed by atoms with van der Waals surface area (Å²) in [4.78, 5) is 9.89. The monoisotopic (exact) mass is 245 g/mol. The van der Waals surface area contributed by atoms with Gasteiger partial charge >= 0.3 is 0 Å². The van der Waals surface area contributed by atoms with E-state index in [2.05, 4.69) is 15.9 Å². The predicted molar refractivity (Wildman–Crippen MR) is 56.9 cm³/mol. The second-order valence-corrected chi connectivity index (χ2v) is 3.16. The van der Waals surface area contributed by atoms with Crippen molar-refractivity contribution >= 4 is 21.6 Å². The fraction of sp³-hybridized carbons (Fsp3) is 0.333. The minimum absolute atomic E-state index is 0.122. The van der Waals surface area contributed by atoms with Crippen LogP contribution in [0.2, 0.25) is 0 Å². The van der Waals surface area contributed by atoms with Crippen LogP contribution in [0.4, 0.5) is 5.69 Å². The Morgan fingerprint density at radius 1 is 1.31 bits per heavy atom. The first kappa shape index (κ1) is 12.1. The zero-order valence-electron chi connectivity index (χ0n) is 7.87. The number of rotatable bonds is 1. The van der Waals surface area contributed by atoms with E-state index in [9.17, 15) is 10.1 Å². The number of benzene rings is 1. The van der Waals surface area contributed by atoms with Crippen molar-refractivity contribution < 1.29 is 4.92 Å². The average Bonchev–Trinajstić information content (AvgIpc) is 2.06. The molecule has 1 aromatic carbocycles. The van der Waals surface area contributed by atoms with Gasteiger partial charge in [0.2, 0.25) is 0 Å². The number of nitro groups is 1. The molecule has 0 bridgehead atoms. The Hall–Kier alpha value is -0.900. The van der Waals surface area contributed by atoms with E-state index in [1.165, 1.54) is 12.1 Å². The summed E-state index contributed by atoms with van der Waals surface area (Å²) in [5, 5.41) is 10.3. The molecule has 0 atom stereocenters. The molecule has 1 aromatic rings. The molecule has 0 radical (unpaired) electrons. The van der Waals surface area contributed by atoms with Gasteiger partial charge in [0.15, 0.2) is 0 Å². The van der Waals surface area contributed by atoms with Crippen molar-refractivity contribution in [3.05, 3.63) is 38.3 Å². The standard InChI is InChI=1S/C7H6BrNO2.C2H6/c1-5-2-6(8)4-7(3-5)9(10)11;1-2/h2-4H,1H3;1-2H3. The van der Waals surface area contributed by atoms with Crippen LogP contribution in [0.5, 0.6) is 0 Å². The molecular weight excluding hydrogens is 234 g/mol. The molecule has 0 aliphatic carbocycles. The number of halogens is 1. The van der Waals surface area contributed by atoms with Crippen LogP contribution in [0, 0.1) is 17.0 Å². The summed E-state index contributed by atoms with van der Waals surface area (Å²) in [6.07, 6.45) is 0. The third-order valence-corrected chi connectivity index (χ3v) is 1.70. The largest absolute Gasteiger partial charge is 0.270 e. The molecule has 0 heterocycles. The summed E-state index contributed by atoms with van der Waals surface area (Å²) >= 11 is 3.18. The fourth-order valence-electron chi connectivity index (χ4n) is 0.822. The zero-order valence-corrected chi connectivity index (χ0v) is 9.46. The Labute approximate surface area is 86.1 Å². The molecule has 0 amide bonds. The second kappa shape index (κ2) is 5.70. The first-order chi connectivity index (χ1) is 6.09. The van der Waals surface area contributed by atoms with E-state index >= 15 is 0 Å². The van der Waals surface area contributed by atoms with Crippen LogP contribution < -0.4 is 0 Å². The maximum absolute atomic E-state index is 10.3. The van der Waals surface area contributed by atoms with E-state index in [-0.39, 0.29) is 5.69 Å². The van der Waals surface area contributed by atoms with Crippen molar-refractivity contribution in [1.82, 2.24) is 0 Å². The van der Waals surface area contributed by atoms with Crippen molar-refractivity contribution in [3.63, 3.8) is 0 Å². The molecule has 0 aliphatic rings. The minimum Gasteiger partial charge on any atom is -0.258 e. The number of nitrogens with zero attached hydrogens (tertiary/aromatic N) is 1. The highest BCUT2D eigenvalue weighted by Crippen LogP contribution is 2.20. The molecule has 0 saturated carbocycles. The van der Waals surface area contributed by atoms with Gasteiger partial charge < -0.3 is 0 Å². The minimum atomic E-state index is -0.405. The summed E-state index contributed by atoms with van der Waals surface area (Å²) in [5.74, 6) is 0. The second-order valence-electron chi connectivity index (χ2n) is 2.24. The van der Waals surface area contributed by atoms with Crippen LogP contribution in [-0.4, -0.2) is 4.92 Å². The summed E-state index contributed by atoms with van der Waals surface area (Å²) < 4.78 is 0.740. The van der Waals surface area contributed by atoms with Gasteiger partial charge in [-0.25, -0.2) is 0 Å². The Balaban J connectivity index is 0.000000671. The highest BCUT2D eigenvalue weighted by Gasteiger charge is 2.05. The number of nitro benzene ring substituents is 1. The first-order valence-electron chi connectivity index (χ1n) is 4.01. The average molecular weight is 246 g/mol. The van der Waals surface area contributed by atoms with Crippen molar-refractivity contribution in [2.45, 2.75) is 20.8 Å². The molecule has 4 heteroatoms. The number of hydrogen-bond donors (Lipinski definition) is 0. The molecule has 3 nitrogen and oxygen atoms in total. The summed E-state index contributed by atoms with van der Waals surface area (Å²) in [7, 11) is 0. The van der Waals surface area contributed by atoms with Gasteiger partial charge in [-0.1, -0.05) is 29.8 Å². The third-order valence-electron chi connectivity index (χ3n) is 1.24. The van der Waals surface area contributed by atoms with Gasteiger partial charge in [-0.05, 0) is 18.6 Å². The molecule has 0 unspecified atom stereocenters. The lowest BCUT2D eigenvalue weighted by molar-refractivity contribution is -0.385. The fourth-order valence-corrected chi connectivity index (χ4v) is 1.42. The lowest BCUT2D eigenvalue weighted by atomic mass is 10.2. The van der Waals surface area contributed by atoms with Crippen molar-refractivity contribution in [3.8, 4) is 0 Å². The molecule has 0 spiro atoms. The van der Waals surface area contributed by atoms with E-state index in [0.29, 0.717) is 0 Å². The molecule has 13 heavy (non-hydrogen) atoms.